The van der Waals surface area contributed by atoms with Crippen LogP contribution in [0.5, 0.6) is 5.75 Å². The Morgan fingerprint density at radius 2 is 1.74 bits per heavy atom. The van der Waals surface area contributed by atoms with E-state index >= 15 is 0 Å². The van der Waals surface area contributed by atoms with Crippen LogP contribution < -0.4 is 10.1 Å². The summed E-state index contributed by atoms with van der Waals surface area (Å²) in [7, 11) is 0. The van der Waals surface area contributed by atoms with Crippen molar-refractivity contribution in [3.63, 3.8) is 0 Å². The van der Waals surface area contributed by atoms with Gasteiger partial charge in [0.25, 0.3) is 0 Å². The lowest BCUT2D eigenvalue weighted by Gasteiger charge is -2.15. The van der Waals surface area contributed by atoms with E-state index in [4.69, 9.17) is 16.3 Å². The van der Waals surface area contributed by atoms with Crippen LogP contribution in [0.3, 0.4) is 0 Å². The van der Waals surface area contributed by atoms with Gasteiger partial charge in [-0.1, -0.05) is 38.1 Å². The van der Waals surface area contributed by atoms with Crippen molar-refractivity contribution in [2.45, 2.75) is 32.6 Å². The Kier molecular flexibility index (Phi) is 8.39. The number of rotatable bonds is 8. The van der Waals surface area contributed by atoms with Crippen molar-refractivity contribution in [3.05, 3.63) is 72.3 Å². The summed E-state index contributed by atoms with van der Waals surface area (Å²) >= 11 is 6.01. The molecular formula is C27H32ClN5O. The number of halogens is 1. The molecule has 1 saturated heterocycles. The minimum Gasteiger partial charge on any atom is -0.492 e. The third kappa shape index (κ3) is 5.88. The summed E-state index contributed by atoms with van der Waals surface area (Å²) in [6.07, 6.45) is 2.61. The summed E-state index contributed by atoms with van der Waals surface area (Å²) < 4.78 is 7.74. The molecule has 0 amide bonds. The first-order valence-electron chi connectivity index (χ1n) is 12.0. The molecule has 0 spiro atoms. The Morgan fingerprint density at radius 1 is 0.971 bits per heavy atom. The number of alkyl halides is 1. The lowest BCUT2D eigenvalue weighted by atomic mass is 10.1. The number of nitrogens with one attached hydrogen (secondary N) is 1. The first-order chi connectivity index (χ1) is 16.8. The number of hydrogen-bond acceptors (Lipinski definition) is 5. The summed E-state index contributed by atoms with van der Waals surface area (Å²) in [6, 6.07) is 22.1. The molecule has 34 heavy (non-hydrogen) atoms. The molecule has 2 aromatic carbocycles. The minimum absolute atomic E-state index is 0.478. The number of pyridine rings is 1. The summed E-state index contributed by atoms with van der Waals surface area (Å²) in [4.78, 5) is 7.08. The molecule has 1 aliphatic heterocycles. The maximum Gasteiger partial charge on any atom is 0.247 e. The van der Waals surface area contributed by atoms with Crippen LogP contribution in [0.1, 0.15) is 32.3 Å². The number of aromatic nitrogens is 3. The summed E-state index contributed by atoms with van der Waals surface area (Å²) in [6.45, 7) is 8.09. The van der Waals surface area contributed by atoms with Gasteiger partial charge in [0, 0.05) is 23.7 Å². The molecule has 178 valence electrons. The fourth-order valence-electron chi connectivity index (χ4n) is 4.05. The number of fused-ring (bicyclic) bond motifs is 1. The predicted molar refractivity (Wildman–Crippen MR) is 140 cm³/mol. The number of hydrogen-bond donors (Lipinski definition) is 1. The second kappa shape index (κ2) is 11.9. The average molecular weight is 478 g/mol. The van der Waals surface area contributed by atoms with E-state index in [9.17, 15) is 0 Å². The van der Waals surface area contributed by atoms with Crippen molar-refractivity contribution in [1.82, 2.24) is 19.5 Å². The summed E-state index contributed by atoms with van der Waals surface area (Å²) in [5.74, 6) is 1.90. The SMILES string of the molecule is CC.ClCc1cccc(-c2cccc3nc(Nc4ccc(OCCN5CCCC5)cc4)nn23)c1. The zero-order valence-corrected chi connectivity index (χ0v) is 20.6. The lowest BCUT2D eigenvalue weighted by molar-refractivity contribution is 0.238. The van der Waals surface area contributed by atoms with Gasteiger partial charge in [-0.2, -0.15) is 4.98 Å². The van der Waals surface area contributed by atoms with E-state index in [0.717, 1.165) is 40.4 Å². The molecule has 1 N–H and O–H groups in total. The van der Waals surface area contributed by atoms with E-state index in [1.165, 1.54) is 25.9 Å². The molecule has 1 aliphatic rings. The first kappa shape index (κ1) is 24.0. The van der Waals surface area contributed by atoms with Crippen LogP contribution in [0.4, 0.5) is 11.6 Å². The van der Waals surface area contributed by atoms with Crippen LogP contribution in [0.15, 0.2) is 66.7 Å². The molecule has 7 heteroatoms. The van der Waals surface area contributed by atoms with E-state index in [2.05, 4.69) is 32.4 Å². The van der Waals surface area contributed by atoms with E-state index in [1.807, 2.05) is 73.0 Å². The molecular weight excluding hydrogens is 446 g/mol. The molecule has 2 aromatic heterocycles. The zero-order chi connectivity index (χ0) is 23.8. The molecule has 0 bridgehead atoms. The number of ether oxygens (including phenoxy) is 1. The van der Waals surface area contributed by atoms with Crippen molar-refractivity contribution in [2.24, 2.45) is 0 Å². The van der Waals surface area contributed by atoms with Crippen LogP contribution in [0.2, 0.25) is 0 Å². The Labute approximate surface area is 206 Å². The zero-order valence-electron chi connectivity index (χ0n) is 19.9. The number of benzene rings is 2. The Balaban J connectivity index is 0.00000133. The average Bonchev–Trinajstić information content (AvgIpc) is 3.56. The van der Waals surface area contributed by atoms with Gasteiger partial charge in [-0.3, -0.25) is 4.90 Å². The Hall–Kier alpha value is -3.09. The molecule has 0 saturated carbocycles. The van der Waals surface area contributed by atoms with Crippen LogP contribution >= 0.6 is 11.6 Å². The largest absolute Gasteiger partial charge is 0.492 e. The Morgan fingerprint density at radius 3 is 2.50 bits per heavy atom. The third-order valence-electron chi connectivity index (χ3n) is 5.72. The highest BCUT2D eigenvalue weighted by molar-refractivity contribution is 6.17. The van der Waals surface area contributed by atoms with Gasteiger partial charge < -0.3 is 10.1 Å². The van der Waals surface area contributed by atoms with Gasteiger partial charge in [0.05, 0.1) is 5.69 Å². The van der Waals surface area contributed by atoms with Gasteiger partial charge in [-0.15, -0.1) is 16.7 Å². The van der Waals surface area contributed by atoms with Crippen molar-refractivity contribution in [3.8, 4) is 17.0 Å². The predicted octanol–water partition coefficient (Wildman–Crippen LogP) is 6.38. The highest BCUT2D eigenvalue weighted by Crippen LogP contribution is 2.24. The number of anilines is 2. The first-order valence-corrected chi connectivity index (χ1v) is 12.6. The number of nitrogens with zero attached hydrogens (tertiary/aromatic N) is 4. The topological polar surface area (TPSA) is 54.7 Å². The van der Waals surface area contributed by atoms with Gasteiger partial charge in [-0.05, 0) is 74.0 Å². The standard InChI is InChI=1S/C25H26ClN5O.C2H6/c26-18-19-5-3-6-20(17-19)23-7-4-8-24-28-25(29-31(23)24)27-21-9-11-22(12-10-21)32-16-15-30-13-1-2-14-30;1-2/h3-12,17H,1-2,13-16,18H2,(H,27,29);1-2H3. The molecule has 3 heterocycles. The van der Waals surface area contributed by atoms with Crippen LogP contribution in [0.25, 0.3) is 16.9 Å². The van der Waals surface area contributed by atoms with Crippen LogP contribution in [0, 0.1) is 0 Å². The van der Waals surface area contributed by atoms with Gasteiger partial charge in [-0.25, -0.2) is 4.52 Å². The van der Waals surface area contributed by atoms with Crippen molar-refractivity contribution in [1.29, 1.82) is 0 Å². The molecule has 0 atom stereocenters. The van der Waals surface area contributed by atoms with Gasteiger partial charge in [0.1, 0.15) is 12.4 Å². The second-order valence-electron chi connectivity index (χ2n) is 8.00. The van der Waals surface area contributed by atoms with Crippen LogP contribution in [-0.2, 0) is 5.88 Å². The molecule has 1 fully saturated rings. The van der Waals surface area contributed by atoms with Crippen molar-refractivity contribution >= 4 is 28.9 Å². The Bertz CT molecular complexity index is 1190. The van der Waals surface area contributed by atoms with E-state index < -0.39 is 0 Å². The maximum absolute atomic E-state index is 6.01. The summed E-state index contributed by atoms with van der Waals surface area (Å²) in [5.41, 5.74) is 4.79. The van der Waals surface area contributed by atoms with Gasteiger partial charge in [0.15, 0.2) is 5.65 Å². The molecule has 0 unspecified atom stereocenters. The lowest BCUT2D eigenvalue weighted by Crippen LogP contribution is -2.25. The van der Waals surface area contributed by atoms with Crippen LogP contribution in [-0.4, -0.2) is 45.7 Å². The quantitative estimate of drug-likeness (QED) is 0.298. The maximum atomic E-state index is 6.01. The molecule has 0 aliphatic carbocycles. The minimum atomic E-state index is 0.478. The monoisotopic (exact) mass is 477 g/mol. The highest BCUT2D eigenvalue weighted by atomic mass is 35.5. The number of likely N-dealkylation sites (tertiary alicyclic amines) is 1. The molecule has 5 rings (SSSR count). The van der Waals surface area contributed by atoms with Crippen molar-refractivity contribution < 1.29 is 4.74 Å². The molecule has 6 nitrogen and oxygen atoms in total. The van der Waals surface area contributed by atoms with E-state index in [-0.39, 0.29) is 0 Å². The van der Waals surface area contributed by atoms with Gasteiger partial charge >= 0.3 is 0 Å². The fourth-order valence-corrected chi connectivity index (χ4v) is 4.22. The normalized spacial score (nSPS) is 13.5. The smallest absolute Gasteiger partial charge is 0.247 e. The third-order valence-corrected chi connectivity index (χ3v) is 6.03. The van der Waals surface area contributed by atoms with Crippen molar-refractivity contribution in [2.75, 3.05) is 31.6 Å². The second-order valence-corrected chi connectivity index (χ2v) is 8.26. The van der Waals surface area contributed by atoms with E-state index in [1.54, 1.807) is 0 Å². The fraction of sp³-hybridized carbons (Fsp3) is 0.333. The highest BCUT2D eigenvalue weighted by Gasteiger charge is 2.11. The van der Waals surface area contributed by atoms with Gasteiger partial charge in [0.2, 0.25) is 5.95 Å². The molecule has 0 radical (unpaired) electrons. The molecule has 4 aromatic rings. The summed E-state index contributed by atoms with van der Waals surface area (Å²) in [5, 5.41) is 7.98. The van der Waals surface area contributed by atoms with E-state index in [0.29, 0.717) is 18.4 Å².